The second kappa shape index (κ2) is 5.58. The number of fused-ring (bicyclic) bond motifs is 3. The lowest BCUT2D eigenvalue weighted by molar-refractivity contribution is 0.122. The van der Waals surface area contributed by atoms with Crippen molar-refractivity contribution in [2.75, 3.05) is 45.4 Å². The third kappa shape index (κ3) is 2.24. The van der Waals surface area contributed by atoms with Gasteiger partial charge in [-0.25, -0.2) is 9.97 Å². The molecule has 0 aliphatic carbocycles. The average molecular weight is 314 g/mol. The zero-order valence-corrected chi connectivity index (χ0v) is 13.1. The van der Waals surface area contributed by atoms with Gasteiger partial charge in [-0.3, -0.25) is 0 Å². The summed E-state index contributed by atoms with van der Waals surface area (Å²) in [6, 6.07) is 3.90. The molecule has 120 valence electrons. The first-order valence-corrected chi connectivity index (χ1v) is 7.53. The molecule has 0 unspecified atom stereocenters. The summed E-state index contributed by atoms with van der Waals surface area (Å²) in [4.78, 5) is 14.5. The van der Waals surface area contributed by atoms with Crippen LogP contribution >= 0.6 is 0 Å². The van der Waals surface area contributed by atoms with E-state index in [-0.39, 0.29) is 0 Å². The zero-order chi connectivity index (χ0) is 15.8. The number of anilines is 1. The quantitative estimate of drug-likeness (QED) is 0.797. The highest BCUT2D eigenvalue weighted by Gasteiger charge is 2.20. The van der Waals surface area contributed by atoms with Gasteiger partial charge in [0.25, 0.3) is 0 Å². The first-order chi connectivity index (χ1) is 11.3. The summed E-state index contributed by atoms with van der Waals surface area (Å²) in [5.74, 6) is 2.31. The maximum atomic E-state index is 5.44. The number of benzene rings is 1. The first-order valence-electron chi connectivity index (χ1n) is 7.53. The topological polar surface area (TPSA) is 72.5 Å². The van der Waals surface area contributed by atoms with Gasteiger partial charge in [-0.05, 0) is 6.07 Å². The molecule has 1 fully saturated rings. The van der Waals surface area contributed by atoms with Crippen molar-refractivity contribution >= 4 is 27.8 Å². The molecule has 0 radical (unpaired) electrons. The van der Waals surface area contributed by atoms with Gasteiger partial charge in [-0.2, -0.15) is 0 Å². The molecule has 0 spiro atoms. The Bertz CT molecular complexity index is 855. The highest BCUT2D eigenvalue weighted by Crippen LogP contribution is 2.38. The van der Waals surface area contributed by atoms with E-state index in [1.54, 1.807) is 20.5 Å². The summed E-state index contributed by atoms with van der Waals surface area (Å²) in [6.07, 6.45) is 1.59. The van der Waals surface area contributed by atoms with E-state index in [1.807, 2.05) is 12.1 Å². The molecular formula is C16H18N4O3. The predicted octanol–water partition coefficient (Wildman–Crippen LogP) is 1.96. The van der Waals surface area contributed by atoms with Crippen molar-refractivity contribution in [1.82, 2.24) is 15.0 Å². The van der Waals surface area contributed by atoms with Gasteiger partial charge in [0.2, 0.25) is 0 Å². The second-order valence-corrected chi connectivity index (χ2v) is 5.40. The van der Waals surface area contributed by atoms with Crippen LogP contribution in [-0.2, 0) is 4.74 Å². The molecule has 23 heavy (non-hydrogen) atoms. The van der Waals surface area contributed by atoms with Gasteiger partial charge in [-0.15, -0.1) is 0 Å². The van der Waals surface area contributed by atoms with Crippen LogP contribution in [0.15, 0.2) is 18.5 Å². The van der Waals surface area contributed by atoms with Crippen LogP contribution in [-0.4, -0.2) is 55.5 Å². The van der Waals surface area contributed by atoms with E-state index in [1.165, 1.54) is 0 Å². The standard InChI is InChI=1S/C16H18N4O3/c1-21-12-7-10-11(8-13(12)22-2)19-15-14(10)16(18-9-17-15)20-3-5-23-6-4-20/h7-9H,3-6H2,1-2H3,(H,17,18,19). The maximum absolute atomic E-state index is 5.44. The molecule has 0 amide bonds. The molecule has 1 aromatic carbocycles. The number of morpholine rings is 1. The van der Waals surface area contributed by atoms with Gasteiger partial charge < -0.3 is 24.1 Å². The van der Waals surface area contributed by atoms with Crippen LogP contribution in [0.5, 0.6) is 11.5 Å². The fourth-order valence-electron chi connectivity index (χ4n) is 3.05. The Morgan fingerprint density at radius 3 is 2.57 bits per heavy atom. The van der Waals surface area contributed by atoms with Crippen LogP contribution in [0.3, 0.4) is 0 Å². The zero-order valence-electron chi connectivity index (χ0n) is 13.1. The fraction of sp³-hybridized carbons (Fsp3) is 0.375. The molecule has 1 aliphatic heterocycles. The highest BCUT2D eigenvalue weighted by molar-refractivity contribution is 6.12. The van der Waals surface area contributed by atoms with Crippen molar-refractivity contribution in [2.45, 2.75) is 0 Å². The molecule has 3 heterocycles. The number of methoxy groups -OCH3 is 2. The van der Waals surface area contributed by atoms with Gasteiger partial charge in [0.05, 0.1) is 38.3 Å². The minimum Gasteiger partial charge on any atom is -0.493 e. The number of aromatic nitrogens is 3. The molecule has 7 nitrogen and oxygen atoms in total. The molecule has 1 N–H and O–H groups in total. The van der Waals surface area contributed by atoms with E-state index in [4.69, 9.17) is 14.2 Å². The molecule has 1 aliphatic rings. The van der Waals surface area contributed by atoms with Crippen LogP contribution in [0.2, 0.25) is 0 Å². The number of nitrogens with one attached hydrogen (secondary N) is 1. The van der Waals surface area contributed by atoms with Crippen molar-refractivity contribution in [3.63, 3.8) is 0 Å². The van der Waals surface area contributed by atoms with E-state index in [9.17, 15) is 0 Å². The molecule has 2 aromatic heterocycles. The van der Waals surface area contributed by atoms with Crippen LogP contribution < -0.4 is 14.4 Å². The third-order valence-electron chi connectivity index (χ3n) is 4.18. The van der Waals surface area contributed by atoms with Crippen molar-refractivity contribution in [2.24, 2.45) is 0 Å². The summed E-state index contributed by atoms with van der Waals surface area (Å²) in [7, 11) is 3.27. The summed E-state index contributed by atoms with van der Waals surface area (Å²) < 4.78 is 16.3. The molecule has 0 atom stereocenters. The van der Waals surface area contributed by atoms with Crippen LogP contribution in [0, 0.1) is 0 Å². The van der Waals surface area contributed by atoms with Crippen molar-refractivity contribution < 1.29 is 14.2 Å². The molecule has 7 heteroatoms. The fourth-order valence-corrected chi connectivity index (χ4v) is 3.05. The van der Waals surface area contributed by atoms with E-state index in [0.717, 1.165) is 40.8 Å². The largest absolute Gasteiger partial charge is 0.493 e. The van der Waals surface area contributed by atoms with Crippen molar-refractivity contribution in [3.05, 3.63) is 18.5 Å². The predicted molar refractivity (Wildman–Crippen MR) is 87.5 cm³/mol. The maximum Gasteiger partial charge on any atom is 0.162 e. The summed E-state index contributed by atoms with van der Waals surface area (Å²) in [6.45, 7) is 3.08. The lowest BCUT2D eigenvalue weighted by Gasteiger charge is -2.28. The Morgan fingerprint density at radius 1 is 1.09 bits per heavy atom. The molecule has 4 rings (SSSR count). The highest BCUT2D eigenvalue weighted by atomic mass is 16.5. The SMILES string of the molecule is COc1cc2[nH]c3ncnc(N4CCOCC4)c3c2cc1OC. The normalized spacial score (nSPS) is 15.3. The minimum absolute atomic E-state index is 0.687. The first kappa shape index (κ1) is 14.1. The van der Waals surface area contributed by atoms with E-state index in [2.05, 4.69) is 19.9 Å². The van der Waals surface area contributed by atoms with Gasteiger partial charge in [0.1, 0.15) is 17.8 Å². The molecule has 0 saturated carbocycles. The van der Waals surface area contributed by atoms with E-state index < -0.39 is 0 Å². The van der Waals surface area contributed by atoms with Gasteiger partial charge >= 0.3 is 0 Å². The lowest BCUT2D eigenvalue weighted by Crippen LogP contribution is -2.36. The number of hydrogen-bond acceptors (Lipinski definition) is 6. The third-order valence-corrected chi connectivity index (χ3v) is 4.18. The van der Waals surface area contributed by atoms with E-state index in [0.29, 0.717) is 24.7 Å². The lowest BCUT2D eigenvalue weighted by atomic mass is 10.1. The van der Waals surface area contributed by atoms with Crippen LogP contribution in [0.1, 0.15) is 0 Å². The summed E-state index contributed by atoms with van der Waals surface area (Å²) in [5, 5.41) is 2.03. The summed E-state index contributed by atoms with van der Waals surface area (Å²) in [5.41, 5.74) is 1.76. The summed E-state index contributed by atoms with van der Waals surface area (Å²) >= 11 is 0. The Morgan fingerprint density at radius 2 is 1.83 bits per heavy atom. The van der Waals surface area contributed by atoms with Crippen LogP contribution in [0.25, 0.3) is 21.9 Å². The number of rotatable bonds is 3. The molecule has 3 aromatic rings. The second-order valence-electron chi connectivity index (χ2n) is 5.40. The Labute approximate surface area is 133 Å². The number of ether oxygens (including phenoxy) is 3. The monoisotopic (exact) mass is 314 g/mol. The Kier molecular flexibility index (Phi) is 3.42. The van der Waals surface area contributed by atoms with Gasteiger partial charge in [0, 0.05) is 24.5 Å². The number of H-pyrrole nitrogens is 1. The molecule has 0 bridgehead atoms. The van der Waals surface area contributed by atoms with Crippen molar-refractivity contribution in [1.29, 1.82) is 0 Å². The van der Waals surface area contributed by atoms with E-state index >= 15 is 0 Å². The number of hydrogen-bond donors (Lipinski definition) is 1. The average Bonchev–Trinajstić information content (AvgIpc) is 2.98. The van der Waals surface area contributed by atoms with Gasteiger partial charge in [-0.1, -0.05) is 0 Å². The van der Waals surface area contributed by atoms with Crippen molar-refractivity contribution in [3.8, 4) is 11.5 Å². The molecule has 1 saturated heterocycles. The Hall–Kier alpha value is -2.54. The van der Waals surface area contributed by atoms with Crippen LogP contribution in [0.4, 0.5) is 5.82 Å². The minimum atomic E-state index is 0.687. The number of nitrogens with zero attached hydrogens (tertiary/aromatic N) is 3. The molecular weight excluding hydrogens is 296 g/mol. The number of aromatic amines is 1. The smallest absolute Gasteiger partial charge is 0.162 e. The van der Waals surface area contributed by atoms with Gasteiger partial charge in [0.15, 0.2) is 11.5 Å². The Balaban J connectivity index is 1.97.